The van der Waals surface area contributed by atoms with E-state index in [-0.39, 0.29) is 23.5 Å². The largest absolute Gasteiger partial charge is 0.506 e. The van der Waals surface area contributed by atoms with Crippen molar-refractivity contribution in [3.8, 4) is 6.07 Å². The first-order valence-corrected chi connectivity index (χ1v) is 9.19. The molecule has 0 atom stereocenters. The van der Waals surface area contributed by atoms with Gasteiger partial charge in [-0.05, 0) is 42.8 Å². The second-order valence-electron chi connectivity index (χ2n) is 5.66. The van der Waals surface area contributed by atoms with E-state index in [0.717, 1.165) is 11.8 Å². The minimum absolute atomic E-state index is 0.0235. The molecular formula is C21H15FN2O3S. The molecule has 1 heterocycles. The van der Waals surface area contributed by atoms with Crippen molar-refractivity contribution in [2.75, 3.05) is 6.61 Å². The molecule has 2 aromatic rings. The molecule has 0 amide bonds. The minimum Gasteiger partial charge on any atom is -0.506 e. The van der Waals surface area contributed by atoms with Crippen molar-refractivity contribution < 1.29 is 19.0 Å². The third-order valence-corrected chi connectivity index (χ3v) is 4.79. The number of aliphatic hydroxyl groups is 1. The molecular weight excluding hydrogens is 379 g/mol. The molecule has 0 aromatic heterocycles. The molecule has 1 aliphatic rings. The lowest BCUT2D eigenvalue weighted by atomic mass is 10.1. The minimum atomic E-state index is -0.678. The van der Waals surface area contributed by atoms with Crippen LogP contribution in [0.4, 0.5) is 10.1 Å². The lowest BCUT2D eigenvalue weighted by molar-refractivity contribution is -0.138. The van der Waals surface area contributed by atoms with Gasteiger partial charge < -0.3 is 9.84 Å². The Morgan fingerprint density at radius 1 is 1.32 bits per heavy atom. The molecule has 0 radical (unpaired) electrons. The maximum absolute atomic E-state index is 13.5. The lowest BCUT2D eigenvalue weighted by Gasteiger charge is -2.03. The second kappa shape index (κ2) is 8.55. The summed E-state index contributed by atoms with van der Waals surface area (Å²) in [6.45, 7) is 1.83. The molecule has 1 N–H and O–H groups in total. The maximum Gasteiger partial charge on any atom is 0.344 e. The van der Waals surface area contributed by atoms with Gasteiger partial charge in [0.15, 0.2) is 0 Å². The molecule has 0 spiro atoms. The maximum atomic E-state index is 13.5. The highest BCUT2D eigenvalue weighted by molar-refractivity contribution is 8.18. The van der Waals surface area contributed by atoms with Crippen molar-refractivity contribution in [3.05, 3.63) is 81.7 Å². The van der Waals surface area contributed by atoms with E-state index in [9.17, 15) is 14.3 Å². The first-order chi connectivity index (χ1) is 13.5. The van der Waals surface area contributed by atoms with Crippen LogP contribution < -0.4 is 0 Å². The summed E-state index contributed by atoms with van der Waals surface area (Å²) < 4.78 is 18.6. The fourth-order valence-electron chi connectivity index (χ4n) is 2.48. The molecule has 0 bridgehead atoms. The molecule has 2 aromatic carbocycles. The van der Waals surface area contributed by atoms with Crippen molar-refractivity contribution >= 4 is 34.5 Å². The van der Waals surface area contributed by atoms with Crippen LogP contribution in [0.15, 0.2) is 69.8 Å². The van der Waals surface area contributed by atoms with Gasteiger partial charge in [0.2, 0.25) is 0 Å². The summed E-state index contributed by atoms with van der Waals surface area (Å²) in [6, 6.07) is 14.8. The highest BCUT2D eigenvalue weighted by Gasteiger charge is 2.33. The Bertz CT molecular complexity index is 1050. The number of halogens is 1. The predicted molar refractivity (Wildman–Crippen MR) is 107 cm³/mol. The Morgan fingerprint density at radius 3 is 2.75 bits per heavy atom. The second-order valence-corrected chi connectivity index (χ2v) is 6.69. The van der Waals surface area contributed by atoms with E-state index in [1.165, 1.54) is 18.2 Å². The Hall–Kier alpha value is -3.37. The van der Waals surface area contributed by atoms with E-state index in [1.807, 2.05) is 18.2 Å². The predicted octanol–water partition coefficient (Wildman–Crippen LogP) is 4.89. The normalized spacial score (nSPS) is 16.5. The van der Waals surface area contributed by atoms with Crippen molar-refractivity contribution in [3.63, 3.8) is 0 Å². The molecule has 5 nitrogen and oxygen atoms in total. The van der Waals surface area contributed by atoms with Gasteiger partial charge in [0.1, 0.15) is 28.3 Å². The number of aliphatic hydroxyl groups excluding tert-OH is 1. The van der Waals surface area contributed by atoms with Crippen LogP contribution in [-0.4, -0.2) is 22.7 Å². The summed E-state index contributed by atoms with van der Waals surface area (Å²) in [5.41, 5.74) is 1.000. The number of hydrogen-bond acceptors (Lipinski definition) is 6. The number of thioether (sulfide) groups is 1. The van der Waals surface area contributed by atoms with Crippen LogP contribution in [0.25, 0.3) is 6.08 Å². The van der Waals surface area contributed by atoms with E-state index in [1.54, 1.807) is 31.2 Å². The third kappa shape index (κ3) is 4.13. The molecule has 0 fully saturated rings. The van der Waals surface area contributed by atoms with Gasteiger partial charge in [-0.15, -0.1) is 0 Å². The fraction of sp³-hybridized carbons (Fsp3) is 0.0952. The average molecular weight is 394 g/mol. The van der Waals surface area contributed by atoms with Gasteiger partial charge in [0.25, 0.3) is 0 Å². The quantitative estimate of drug-likeness (QED) is 0.747. The molecule has 140 valence electrons. The van der Waals surface area contributed by atoms with Crippen LogP contribution >= 0.6 is 11.8 Å². The van der Waals surface area contributed by atoms with Gasteiger partial charge >= 0.3 is 5.97 Å². The van der Waals surface area contributed by atoms with E-state index in [0.29, 0.717) is 21.2 Å². The Balaban J connectivity index is 2.05. The van der Waals surface area contributed by atoms with Gasteiger partial charge in [0.05, 0.1) is 22.8 Å². The Morgan fingerprint density at radius 2 is 2.07 bits per heavy atom. The first-order valence-electron chi connectivity index (χ1n) is 8.37. The number of benzene rings is 2. The van der Waals surface area contributed by atoms with E-state index >= 15 is 0 Å². The van der Waals surface area contributed by atoms with Gasteiger partial charge in [-0.1, -0.05) is 36.0 Å². The highest BCUT2D eigenvalue weighted by Crippen LogP contribution is 2.40. The lowest BCUT2D eigenvalue weighted by Crippen LogP contribution is -2.12. The first kappa shape index (κ1) is 19.4. The monoisotopic (exact) mass is 394 g/mol. The Labute approximate surface area is 165 Å². The number of nitrogens with zero attached hydrogens (tertiary/aromatic N) is 2. The molecule has 0 saturated heterocycles. The summed E-state index contributed by atoms with van der Waals surface area (Å²) in [4.78, 5) is 17.1. The zero-order valence-corrected chi connectivity index (χ0v) is 15.7. The topological polar surface area (TPSA) is 82.7 Å². The van der Waals surface area contributed by atoms with Gasteiger partial charge in [-0.25, -0.2) is 14.2 Å². The van der Waals surface area contributed by atoms with E-state index in [4.69, 9.17) is 10.00 Å². The zero-order valence-electron chi connectivity index (χ0n) is 14.8. The summed E-state index contributed by atoms with van der Waals surface area (Å²) in [5, 5.41) is 19.9. The summed E-state index contributed by atoms with van der Waals surface area (Å²) in [6.07, 6.45) is 1.56. The zero-order chi connectivity index (χ0) is 20.1. The van der Waals surface area contributed by atoms with Crippen molar-refractivity contribution in [2.45, 2.75) is 6.92 Å². The molecule has 0 aliphatic carbocycles. The van der Waals surface area contributed by atoms with Crippen LogP contribution in [0.3, 0.4) is 0 Å². The number of para-hydroxylation sites is 1. The average Bonchev–Trinajstić information content (AvgIpc) is 2.99. The number of carbonyl (C=O) groups excluding carboxylic acids is 1. The van der Waals surface area contributed by atoms with Crippen LogP contribution in [0, 0.1) is 17.1 Å². The molecule has 0 unspecified atom stereocenters. The smallest absolute Gasteiger partial charge is 0.344 e. The number of aliphatic imine (C=N–C) groups is 1. The SMILES string of the molecule is CCOC(=O)C1=C(O)/C(=C/c2ccc(F)c(C#N)c2)SC1=Nc1ccccc1. The van der Waals surface area contributed by atoms with Crippen molar-refractivity contribution in [1.82, 2.24) is 0 Å². The Kier molecular flexibility index (Phi) is 5.92. The number of hydrogen-bond donors (Lipinski definition) is 1. The number of esters is 1. The van der Waals surface area contributed by atoms with Gasteiger partial charge in [0, 0.05) is 0 Å². The summed E-state index contributed by atoms with van der Waals surface area (Å²) >= 11 is 1.10. The van der Waals surface area contributed by atoms with Crippen LogP contribution in [0.2, 0.25) is 0 Å². The summed E-state index contributed by atoms with van der Waals surface area (Å²) in [5.74, 6) is -1.56. The fourth-order valence-corrected chi connectivity index (χ4v) is 3.52. The standard InChI is InChI=1S/C21H15FN2O3S/c1-2-27-21(26)18-19(25)17(11-13-8-9-16(22)14(10-13)12-23)28-20(18)24-15-6-4-3-5-7-15/h3-11,25H,2H2,1H3/b17-11-,24-20?. The van der Waals surface area contributed by atoms with Crippen LogP contribution in [0.1, 0.15) is 18.1 Å². The number of ether oxygens (including phenoxy) is 1. The number of rotatable bonds is 4. The van der Waals surface area contributed by atoms with Gasteiger partial charge in [-0.3, -0.25) is 0 Å². The van der Waals surface area contributed by atoms with E-state index in [2.05, 4.69) is 4.99 Å². The molecule has 3 rings (SSSR count). The van der Waals surface area contributed by atoms with Gasteiger partial charge in [-0.2, -0.15) is 5.26 Å². The van der Waals surface area contributed by atoms with Crippen LogP contribution in [-0.2, 0) is 9.53 Å². The number of nitriles is 1. The third-order valence-electron chi connectivity index (χ3n) is 3.77. The molecule has 28 heavy (non-hydrogen) atoms. The molecule has 0 saturated carbocycles. The number of carbonyl (C=O) groups is 1. The van der Waals surface area contributed by atoms with Crippen molar-refractivity contribution in [1.29, 1.82) is 5.26 Å². The van der Waals surface area contributed by atoms with E-state index < -0.39 is 11.8 Å². The highest BCUT2D eigenvalue weighted by atomic mass is 32.2. The molecule has 7 heteroatoms. The van der Waals surface area contributed by atoms with Crippen LogP contribution in [0.5, 0.6) is 0 Å². The summed E-state index contributed by atoms with van der Waals surface area (Å²) in [7, 11) is 0. The van der Waals surface area contributed by atoms with Crippen molar-refractivity contribution in [2.24, 2.45) is 4.99 Å². The molecule has 1 aliphatic heterocycles.